The van der Waals surface area contributed by atoms with Crippen molar-refractivity contribution in [2.75, 3.05) is 0 Å². The third-order valence-electron chi connectivity index (χ3n) is 7.67. The predicted octanol–water partition coefficient (Wildman–Crippen LogP) is 8.79. The molecule has 0 aliphatic rings. The zero-order valence-corrected chi connectivity index (χ0v) is 22.5. The van der Waals surface area contributed by atoms with Crippen molar-refractivity contribution in [3.63, 3.8) is 0 Å². The fraction of sp³-hybridized carbons (Fsp3) is 0. The van der Waals surface area contributed by atoms with Gasteiger partial charge in [0, 0.05) is 57.0 Å². The molecule has 0 amide bonds. The molecular weight excluding hydrogens is 514 g/mol. The van der Waals surface area contributed by atoms with E-state index in [9.17, 15) is 0 Å². The van der Waals surface area contributed by atoms with E-state index in [1.807, 2.05) is 79.3 Å². The molecular formula is C37H23N5. The summed E-state index contributed by atoms with van der Waals surface area (Å²) in [7, 11) is 0. The first kappa shape index (κ1) is 24.0. The van der Waals surface area contributed by atoms with Crippen LogP contribution >= 0.6 is 0 Å². The van der Waals surface area contributed by atoms with Crippen molar-refractivity contribution >= 4 is 32.6 Å². The molecule has 0 saturated heterocycles. The number of nitrogens with zero attached hydrogens (tertiary/aromatic N) is 5. The summed E-state index contributed by atoms with van der Waals surface area (Å²) in [5.41, 5.74) is 8.51. The first-order valence-corrected chi connectivity index (χ1v) is 13.8. The summed E-state index contributed by atoms with van der Waals surface area (Å²) in [5, 5.41) is 4.39. The molecule has 0 fully saturated rings. The zero-order chi connectivity index (χ0) is 27.9. The molecule has 0 atom stereocenters. The number of benzene rings is 4. The van der Waals surface area contributed by atoms with Gasteiger partial charge in [0.05, 0.1) is 28.1 Å². The Labute approximate surface area is 242 Å². The lowest BCUT2D eigenvalue weighted by Crippen LogP contribution is -1.97. The minimum atomic E-state index is 0.654. The second kappa shape index (κ2) is 9.98. The maximum absolute atomic E-state index is 5.11. The van der Waals surface area contributed by atoms with E-state index in [4.69, 9.17) is 15.0 Å². The molecule has 0 aliphatic carbocycles. The standard InChI is InChI=1S/C37H23N5/c1-2-8-27-24(7-1)17-20-40-36(27)25-13-15-26(16-14-25)37-41-34(30-18-21-38-32-11-5-3-9-28(30)32)23-35(42-37)31-19-22-39-33-12-6-4-10-29(31)33/h1-23H. The SMILES string of the molecule is c1ccc2c(-c3ccc(-c4nc(-c5ccnc6ccccc56)cc(-c5ccnc6ccccc56)n4)cc3)nccc2c1. The molecule has 4 aromatic carbocycles. The number of aromatic nitrogens is 5. The van der Waals surface area contributed by atoms with Crippen LogP contribution in [0, 0.1) is 0 Å². The van der Waals surface area contributed by atoms with E-state index in [0.29, 0.717) is 5.82 Å². The molecule has 196 valence electrons. The van der Waals surface area contributed by atoms with Crippen molar-refractivity contribution in [2.45, 2.75) is 0 Å². The molecule has 0 radical (unpaired) electrons. The second-order valence-electron chi connectivity index (χ2n) is 10.2. The quantitative estimate of drug-likeness (QED) is 0.224. The second-order valence-corrected chi connectivity index (χ2v) is 10.2. The van der Waals surface area contributed by atoms with Crippen molar-refractivity contribution in [3.8, 4) is 45.2 Å². The third-order valence-corrected chi connectivity index (χ3v) is 7.67. The number of rotatable bonds is 4. The molecule has 8 aromatic rings. The van der Waals surface area contributed by atoms with E-state index in [1.165, 1.54) is 5.39 Å². The Morgan fingerprint density at radius 1 is 0.405 bits per heavy atom. The third kappa shape index (κ3) is 4.16. The summed E-state index contributed by atoms with van der Waals surface area (Å²) in [6.07, 6.45) is 5.54. The van der Waals surface area contributed by atoms with E-state index in [1.54, 1.807) is 0 Å². The molecule has 0 N–H and O–H groups in total. The van der Waals surface area contributed by atoms with Gasteiger partial charge < -0.3 is 0 Å². The lowest BCUT2D eigenvalue weighted by molar-refractivity contribution is 1.18. The summed E-state index contributed by atoms with van der Waals surface area (Å²) in [4.78, 5) is 24.1. The van der Waals surface area contributed by atoms with E-state index < -0.39 is 0 Å². The summed E-state index contributed by atoms with van der Waals surface area (Å²) in [6, 6.07) is 41.2. The van der Waals surface area contributed by atoms with Crippen LogP contribution in [0.1, 0.15) is 0 Å². The molecule has 4 aromatic heterocycles. The lowest BCUT2D eigenvalue weighted by atomic mass is 10.0. The Balaban J connectivity index is 1.31. The largest absolute Gasteiger partial charge is 0.256 e. The van der Waals surface area contributed by atoms with Gasteiger partial charge in [0.15, 0.2) is 5.82 Å². The Morgan fingerprint density at radius 3 is 1.57 bits per heavy atom. The van der Waals surface area contributed by atoms with Crippen LogP contribution in [0.25, 0.3) is 77.7 Å². The molecule has 0 aliphatic heterocycles. The van der Waals surface area contributed by atoms with Crippen molar-refractivity contribution in [2.24, 2.45) is 0 Å². The molecule has 0 unspecified atom stereocenters. The van der Waals surface area contributed by atoms with Gasteiger partial charge in [-0.1, -0.05) is 84.9 Å². The van der Waals surface area contributed by atoms with Crippen LogP contribution in [0.2, 0.25) is 0 Å². The Morgan fingerprint density at radius 2 is 0.929 bits per heavy atom. The van der Waals surface area contributed by atoms with Crippen LogP contribution in [0.4, 0.5) is 0 Å². The van der Waals surface area contributed by atoms with Crippen LogP contribution in [0.15, 0.2) is 140 Å². The van der Waals surface area contributed by atoms with Crippen LogP contribution in [-0.2, 0) is 0 Å². The topological polar surface area (TPSA) is 64.5 Å². The van der Waals surface area contributed by atoms with Gasteiger partial charge in [0.25, 0.3) is 0 Å². The summed E-state index contributed by atoms with van der Waals surface area (Å²) < 4.78 is 0. The Hall–Kier alpha value is -5.81. The lowest BCUT2D eigenvalue weighted by Gasteiger charge is -2.12. The van der Waals surface area contributed by atoms with Crippen LogP contribution < -0.4 is 0 Å². The fourth-order valence-electron chi connectivity index (χ4n) is 5.62. The van der Waals surface area contributed by atoms with E-state index in [-0.39, 0.29) is 0 Å². The van der Waals surface area contributed by atoms with Gasteiger partial charge in [0.2, 0.25) is 0 Å². The summed E-state index contributed by atoms with van der Waals surface area (Å²) in [5.74, 6) is 0.654. The van der Waals surface area contributed by atoms with Crippen LogP contribution in [0.5, 0.6) is 0 Å². The minimum absolute atomic E-state index is 0.654. The van der Waals surface area contributed by atoms with Crippen LogP contribution in [-0.4, -0.2) is 24.9 Å². The molecule has 0 saturated carbocycles. The average molecular weight is 538 g/mol. The number of pyridine rings is 3. The van der Waals surface area contributed by atoms with Gasteiger partial charge in [0.1, 0.15) is 0 Å². The van der Waals surface area contributed by atoms with Crippen molar-refractivity contribution in [1.82, 2.24) is 24.9 Å². The Bertz CT molecular complexity index is 2140. The summed E-state index contributed by atoms with van der Waals surface area (Å²) in [6.45, 7) is 0. The monoisotopic (exact) mass is 537 g/mol. The van der Waals surface area contributed by atoms with Gasteiger partial charge in [-0.2, -0.15) is 0 Å². The summed E-state index contributed by atoms with van der Waals surface area (Å²) >= 11 is 0. The predicted molar refractivity (Wildman–Crippen MR) is 170 cm³/mol. The number of hydrogen-bond donors (Lipinski definition) is 0. The smallest absolute Gasteiger partial charge is 0.160 e. The molecule has 0 bridgehead atoms. The highest BCUT2D eigenvalue weighted by Crippen LogP contribution is 2.34. The number of hydrogen-bond acceptors (Lipinski definition) is 5. The van der Waals surface area contributed by atoms with Crippen molar-refractivity contribution in [3.05, 3.63) is 140 Å². The van der Waals surface area contributed by atoms with E-state index in [0.717, 1.165) is 66.5 Å². The highest BCUT2D eigenvalue weighted by molar-refractivity contribution is 5.97. The molecule has 5 heteroatoms. The highest BCUT2D eigenvalue weighted by Gasteiger charge is 2.15. The fourth-order valence-corrected chi connectivity index (χ4v) is 5.62. The normalized spacial score (nSPS) is 11.3. The van der Waals surface area contributed by atoms with Gasteiger partial charge in [-0.15, -0.1) is 0 Å². The molecule has 0 spiro atoms. The highest BCUT2D eigenvalue weighted by atomic mass is 14.9. The van der Waals surface area contributed by atoms with Crippen molar-refractivity contribution < 1.29 is 0 Å². The number of para-hydroxylation sites is 2. The van der Waals surface area contributed by atoms with E-state index in [2.05, 4.69) is 70.6 Å². The maximum Gasteiger partial charge on any atom is 0.160 e. The maximum atomic E-state index is 5.11. The van der Waals surface area contributed by atoms with Gasteiger partial charge in [-0.25, -0.2) is 9.97 Å². The van der Waals surface area contributed by atoms with Crippen molar-refractivity contribution in [1.29, 1.82) is 0 Å². The first-order valence-electron chi connectivity index (χ1n) is 13.8. The minimum Gasteiger partial charge on any atom is -0.256 e. The average Bonchev–Trinajstić information content (AvgIpc) is 3.07. The molecule has 4 heterocycles. The zero-order valence-electron chi connectivity index (χ0n) is 22.5. The van der Waals surface area contributed by atoms with Gasteiger partial charge in [-0.05, 0) is 41.8 Å². The van der Waals surface area contributed by atoms with Gasteiger partial charge >= 0.3 is 0 Å². The van der Waals surface area contributed by atoms with Gasteiger partial charge in [-0.3, -0.25) is 15.0 Å². The first-order chi connectivity index (χ1) is 20.8. The molecule has 42 heavy (non-hydrogen) atoms. The number of fused-ring (bicyclic) bond motifs is 3. The molecule has 8 rings (SSSR count). The van der Waals surface area contributed by atoms with Crippen LogP contribution in [0.3, 0.4) is 0 Å². The molecule has 5 nitrogen and oxygen atoms in total. The van der Waals surface area contributed by atoms with E-state index >= 15 is 0 Å². The Kier molecular flexibility index (Phi) is 5.71.